The summed E-state index contributed by atoms with van der Waals surface area (Å²) < 4.78 is 13.3. The van der Waals surface area contributed by atoms with Crippen LogP contribution in [0.25, 0.3) is 11.5 Å². The molecule has 4 heterocycles. The van der Waals surface area contributed by atoms with E-state index >= 15 is 0 Å². The molecule has 0 fully saturated rings. The van der Waals surface area contributed by atoms with Crippen molar-refractivity contribution in [2.75, 3.05) is 18.1 Å². The molecule has 0 saturated heterocycles. The number of rotatable bonds is 1. The highest BCUT2D eigenvalue weighted by Gasteiger charge is 2.28. The predicted octanol–water partition coefficient (Wildman–Crippen LogP) is 2.78. The first-order valence-electron chi connectivity index (χ1n) is 8.86. The monoisotopic (exact) mass is 367 g/mol. The van der Waals surface area contributed by atoms with Crippen LogP contribution >= 0.6 is 0 Å². The van der Waals surface area contributed by atoms with Gasteiger partial charge in [0, 0.05) is 26.0 Å². The molecule has 2 atom stereocenters. The summed E-state index contributed by atoms with van der Waals surface area (Å²) in [6.45, 7) is 5.24. The molecule has 0 radical (unpaired) electrons. The van der Waals surface area contributed by atoms with Crippen LogP contribution in [0.2, 0.25) is 0 Å². The van der Waals surface area contributed by atoms with Crippen molar-refractivity contribution in [3.63, 3.8) is 0 Å². The molecule has 8 nitrogen and oxygen atoms in total. The summed E-state index contributed by atoms with van der Waals surface area (Å²) in [4.78, 5) is 23.4. The highest BCUT2D eigenvalue weighted by atomic mass is 16.5. The van der Waals surface area contributed by atoms with Gasteiger partial charge in [-0.25, -0.2) is 4.98 Å². The maximum Gasteiger partial charge on any atom is 0.280 e. The third-order valence-electron chi connectivity index (χ3n) is 4.93. The maximum absolute atomic E-state index is 13.2. The Hall–Kier alpha value is -3.16. The van der Waals surface area contributed by atoms with Gasteiger partial charge in [0.25, 0.3) is 5.91 Å². The van der Waals surface area contributed by atoms with E-state index in [4.69, 9.17) is 9.15 Å². The molecule has 0 spiro atoms. The zero-order valence-corrected chi connectivity index (χ0v) is 15.5. The Morgan fingerprint density at radius 1 is 1.22 bits per heavy atom. The summed E-state index contributed by atoms with van der Waals surface area (Å²) >= 11 is 0. The number of fused-ring (bicyclic) bond motifs is 4. The van der Waals surface area contributed by atoms with Crippen molar-refractivity contribution in [3.8, 4) is 17.2 Å². The minimum absolute atomic E-state index is 0.195. The smallest absolute Gasteiger partial charge is 0.280 e. The lowest BCUT2D eigenvalue weighted by molar-refractivity contribution is 0.0973. The number of hydrogen-bond donors (Lipinski definition) is 0. The van der Waals surface area contributed by atoms with Crippen LogP contribution in [0.15, 0.2) is 41.5 Å². The van der Waals surface area contributed by atoms with Gasteiger partial charge in [0.05, 0.1) is 30.3 Å². The summed E-state index contributed by atoms with van der Waals surface area (Å²) in [6, 6.07) is 1.77. The van der Waals surface area contributed by atoms with E-state index in [0.29, 0.717) is 30.4 Å². The Morgan fingerprint density at radius 3 is 2.85 bits per heavy atom. The Kier molecular flexibility index (Phi) is 4.39. The van der Waals surface area contributed by atoms with Gasteiger partial charge in [-0.15, -0.1) is 0 Å². The first-order chi connectivity index (χ1) is 13.0. The zero-order chi connectivity index (χ0) is 19.0. The van der Waals surface area contributed by atoms with E-state index in [0.717, 1.165) is 5.69 Å². The highest BCUT2D eigenvalue weighted by molar-refractivity contribution is 6.04. The number of aryl methyl sites for hydroxylation is 1. The van der Waals surface area contributed by atoms with Crippen molar-refractivity contribution < 1.29 is 13.9 Å². The standard InChI is InChI=1S/C19H21N5O3/c1-12-8-24(14-6-21-23(3)9-14)19(25)16-11-27-18(22-16)15-4-5-20-7-17(15)26-10-13(12)2/h4-7,9,11-13H,8,10H2,1-3H3. The quantitative estimate of drug-likeness (QED) is 0.657. The molecule has 140 valence electrons. The van der Waals surface area contributed by atoms with E-state index < -0.39 is 0 Å². The topological polar surface area (TPSA) is 86.3 Å². The first-order valence-corrected chi connectivity index (χ1v) is 8.86. The van der Waals surface area contributed by atoms with Crippen LogP contribution in [0.3, 0.4) is 0 Å². The molecule has 2 unspecified atom stereocenters. The van der Waals surface area contributed by atoms with Gasteiger partial charge in [0.2, 0.25) is 5.89 Å². The summed E-state index contributed by atoms with van der Waals surface area (Å²) in [5, 5.41) is 4.20. The average Bonchev–Trinajstić information content (AvgIpc) is 3.32. The van der Waals surface area contributed by atoms with Crippen molar-refractivity contribution in [3.05, 3.63) is 42.8 Å². The van der Waals surface area contributed by atoms with Crippen molar-refractivity contribution in [1.29, 1.82) is 0 Å². The van der Waals surface area contributed by atoms with E-state index in [2.05, 4.69) is 28.9 Å². The SMILES string of the molecule is CC1COc2cnccc2-c2nc(co2)C(=O)N(c2cnn(C)c2)CC1C. The lowest BCUT2D eigenvalue weighted by Crippen LogP contribution is -2.37. The molecular weight excluding hydrogens is 346 g/mol. The number of oxazole rings is 1. The second-order valence-electron chi connectivity index (χ2n) is 6.96. The van der Waals surface area contributed by atoms with Gasteiger partial charge in [-0.2, -0.15) is 5.10 Å². The molecule has 1 aliphatic heterocycles. The number of nitrogens with zero attached hydrogens (tertiary/aromatic N) is 5. The summed E-state index contributed by atoms with van der Waals surface area (Å²) in [7, 11) is 1.82. The molecule has 0 aromatic carbocycles. The van der Waals surface area contributed by atoms with Crippen LogP contribution in [0.1, 0.15) is 24.3 Å². The number of amides is 1. The van der Waals surface area contributed by atoms with E-state index in [1.54, 1.807) is 34.2 Å². The summed E-state index contributed by atoms with van der Waals surface area (Å²) in [6.07, 6.45) is 8.18. The van der Waals surface area contributed by atoms with Crippen LogP contribution in [-0.2, 0) is 7.05 Å². The molecule has 1 aliphatic rings. The molecule has 3 aromatic rings. The molecule has 4 rings (SSSR count). The third-order valence-corrected chi connectivity index (χ3v) is 4.93. The summed E-state index contributed by atoms with van der Waals surface area (Å²) in [5.74, 6) is 1.14. The fraction of sp³-hybridized carbons (Fsp3) is 0.368. The number of carbonyl (C=O) groups is 1. The van der Waals surface area contributed by atoms with Gasteiger partial charge in [-0.05, 0) is 17.9 Å². The van der Waals surface area contributed by atoms with Crippen molar-refractivity contribution in [2.24, 2.45) is 18.9 Å². The number of anilines is 1. The molecule has 0 N–H and O–H groups in total. The van der Waals surface area contributed by atoms with Gasteiger partial charge in [-0.1, -0.05) is 13.8 Å². The van der Waals surface area contributed by atoms with Gasteiger partial charge >= 0.3 is 0 Å². The van der Waals surface area contributed by atoms with Gasteiger partial charge in [0.1, 0.15) is 12.0 Å². The van der Waals surface area contributed by atoms with Crippen molar-refractivity contribution in [1.82, 2.24) is 19.7 Å². The minimum Gasteiger partial charge on any atom is -0.491 e. The average molecular weight is 367 g/mol. The molecule has 27 heavy (non-hydrogen) atoms. The number of hydrogen-bond acceptors (Lipinski definition) is 6. The normalized spacial score (nSPS) is 20.4. The van der Waals surface area contributed by atoms with E-state index in [-0.39, 0.29) is 23.4 Å². The number of aromatic nitrogens is 4. The fourth-order valence-electron chi connectivity index (χ4n) is 3.01. The first kappa shape index (κ1) is 17.3. The van der Waals surface area contributed by atoms with Crippen LogP contribution < -0.4 is 9.64 Å². The lowest BCUT2D eigenvalue weighted by atomic mass is 9.96. The molecule has 0 saturated carbocycles. The van der Waals surface area contributed by atoms with Crippen LogP contribution in [0.4, 0.5) is 5.69 Å². The highest BCUT2D eigenvalue weighted by Crippen LogP contribution is 2.31. The van der Waals surface area contributed by atoms with Crippen molar-refractivity contribution >= 4 is 11.6 Å². The predicted molar refractivity (Wildman–Crippen MR) is 98.4 cm³/mol. The van der Waals surface area contributed by atoms with Crippen LogP contribution in [0.5, 0.6) is 5.75 Å². The second-order valence-corrected chi connectivity index (χ2v) is 6.96. The van der Waals surface area contributed by atoms with E-state index in [1.165, 1.54) is 6.26 Å². The molecular formula is C19H21N5O3. The summed E-state index contributed by atoms with van der Waals surface area (Å²) in [5.41, 5.74) is 1.66. The minimum atomic E-state index is -0.214. The number of ether oxygens (including phenoxy) is 1. The zero-order valence-electron chi connectivity index (χ0n) is 15.5. The Morgan fingerprint density at radius 2 is 2.07 bits per heavy atom. The molecule has 0 aliphatic carbocycles. The van der Waals surface area contributed by atoms with Gasteiger partial charge in [0.15, 0.2) is 5.69 Å². The Balaban J connectivity index is 1.79. The molecule has 1 amide bonds. The number of pyridine rings is 1. The molecule has 2 bridgehead atoms. The van der Waals surface area contributed by atoms with Gasteiger partial charge < -0.3 is 14.1 Å². The Bertz CT molecular complexity index is 964. The van der Waals surface area contributed by atoms with Crippen LogP contribution in [0, 0.1) is 11.8 Å². The van der Waals surface area contributed by atoms with Gasteiger partial charge in [-0.3, -0.25) is 14.5 Å². The third kappa shape index (κ3) is 3.30. The van der Waals surface area contributed by atoms with E-state index in [9.17, 15) is 4.79 Å². The largest absolute Gasteiger partial charge is 0.491 e. The number of carbonyl (C=O) groups excluding carboxylic acids is 1. The van der Waals surface area contributed by atoms with Crippen molar-refractivity contribution in [2.45, 2.75) is 13.8 Å². The molecule has 8 heteroatoms. The van der Waals surface area contributed by atoms with E-state index in [1.807, 2.05) is 13.2 Å². The Labute approximate surface area is 156 Å². The maximum atomic E-state index is 13.2. The lowest BCUT2D eigenvalue weighted by Gasteiger charge is -2.28. The molecule has 3 aromatic heterocycles. The fourth-order valence-corrected chi connectivity index (χ4v) is 3.01. The second kappa shape index (κ2) is 6.86. The van der Waals surface area contributed by atoms with Crippen LogP contribution in [-0.4, -0.2) is 38.8 Å².